The Bertz CT molecular complexity index is 713. The van der Waals surface area contributed by atoms with Gasteiger partial charge in [0.15, 0.2) is 6.61 Å². The van der Waals surface area contributed by atoms with Crippen molar-refractivity contribution in [2.45, 2.75) is 36.8 Å². The Hall–Kier alpha value is -2.15. The molecule has 2 bridgehead atoms. The van der Waals surface area contributed by atoms with Gasteiger partial charge in [-0.2, -0.15) is 0 Å². The number of hydrogen-bond acceptors (Lipinski definition) is 6. The van der Waals surface area contributed by atoms with Gasteiger partial charge in [-0.1, -0.05) is 11.6 Å². The van der Waals surface area contributed by atoms with Crippen LogP contribution in [0.25, 0.3) is 0 Å². The molecule has 0 saturated heterocycles. The molecule has 3 aliphatic carbocycles. The summed E-state index contributed by atoms with van der Waals surface area (Å²) in [6, 6.07) is 1.67. The largest absolute Gasteiger partial charge is 0.482 e. The van der Waals surface area contributed by atoms with E-state index >= 15 is 0 Å². The first-order chi connectivity index (χ1) is 10.6. The van der Waals surface area contributed by atoms with Gasteiger partial charge in [-0.05, 0) is 19.3 Å². The van der Waals surface area contributed by atoms with Crippen molar-refractivity contribution in [2.75, 3.05) is 0 Å². The third-order valence-corrected chi connectivity index (χ3v) is 4.56. The standard InChI is InChI=1S/C14H13ClN4O3/c15-9-1-10(3-16-2-9)21-4-11-18-19-12(22-11)13-5-14(6-13,7-13)17-8-20/h1-3,8H,4-7H2,(H,17,20). The highest BCUT2D eigenvalue weighted by Crippen LogP contribution is 2.67. The summed E-state index contributed by atoms with van der Waals surface area (Å²) in [5.41, 5.74) is -0.0990. The lowest BCUT2D eigenvalue weighted by Crippen LogP contribution is -2.75. The molecule has 7 nitrogen and oxygen atoms in total. The van der Waals surface area contributed by atoms with E-state index in [-0.39, 0.29) is 17.6 Å². The van der Waals surface area contributed by atoms with Gasteiger partial charge >= 0.3 is 0 Å². The minimum atomic E-state index is -0.0567. The maximum atomic E-state index is 10.5. The fraction of sp³-hybridized carbons (Fsp3) is 0.429. The molecule has 1 amide bonds. The Morgan fingerprint density at radius 3 is 2.91 bits per heavy atom. The highest BCUT2D eigenvalue weighted by Gasteiger charge is 2.71. The molecule has 0 aliphatic heterocycles. The van der Waals surface area contributed by atoms with E-state index in [0.29, 0.717) is 22.6 Å². The summed E-state index contributed by atoms with van der Waals surface area (Å²) >= 11 is 5.84. The minimum Gasteiger partial charge on any atom is -0.482 e. The lowest BCUT2D eigenvalue weighted by molar-refractivity contribution is -0.131. The van der Waals surface area contributed by atoms with Crippen LogP contribution in [-0.2, 0) is 16.8 Å². The van der Waals surface area contributed by atoms with Crippen LogP contribution in [0.2, 0.25) is 5.02 Å². The number of aromatic nitrogens is 3. The Morgan fingerprint density at radius 2 is 2.18 bits per heavy atom. The smallest absolute Gasteiger partial charge is 0.253 e. The zero-order valence-corrected chi connectivity index (χ0v) is 12.3. The van der Waals surface area contributed by atoms with E-state index in [1.165, 1.54) is 6.20 Å². The fourth-order valence-electron chi connectivity index (χ4n) is 3.44. The number of amides is 1. The number of hydrogen-bond donors (Lipinski definition) is 1. The first kappa shape index (κ1) is 13.5. The predicted octanol–water partition coefficient (Wildman–Crippen LogP) is 1.62. The molecule has 0 unspecified atom stereocenters. The lowest BCUT2D eigenvalue weighted by Gasteiger charge is -2.68. The number of halogens is 1. The van der Waals surface area contributed by atoms with Gasteiger partial charge in [0.2, 0.25) is 12.3 Å². The molecule has 2 aromatic rings. The topological polar surface area (TPSA) is 90.1 Å². The average molecular weight is 321 g/mol. The number of pyridine rings is 1. The second-order valence-corrected chi connectivity index (χ2v) is 6.42. The van der Waals surface area contributed by atoms with Crippen LogP contribution < -0.4 is 10.1 Å². The molecule has 3 saturated carbocycles. The van der Waals surface area contributed by atoms with E-state index in [0.717, 1.165) is 25.7 Å². The quantitative estimate of drug-likeness (QED) is 0.813. The summed E-state index contributed by atoms with van der Waals surface area (Å²) in [4.78, 5) is 14.5. The number of nitrogens with one attached hydrogen (secondary N) is 1. The van der Waals surface area contributed by atoms with Crippen LogP contribution in [0.15, 0.2) is 22.9 Å². The zero-order chi connectivity index (χ0) is 15.2. The second kappa shape index (κ2) is 4.67. The number of ether oxygens (including phenoxy) is 1. The Kier molecular flexibility index (Phi) is 2.87. The summed E-state index contributed by atoms with van der Waals surface area (Å²) in [6.45, 7) is 0.169. The van der Waals surface area contributed by atoms with E-state index < -0.39 is 0 Å². The van der Waals surface area contributed by atoms with Crippen molar-refractivity contribution in [1.29, 1.82) is 0 Å². The number of rotatable bonds is 6. The fourth-order valence-corrected chi connectivity index (χ4v) is 3.60. The third kappa shape index (κ3) is 2.04. The van der Waals surface area contributed by atoms with Crippen LogP contribution in [0.1, 0.15) is 31.0 Å². The Morgan fingerprint density at radius 1 is 1.36 bits per heavy atom. The van der Waals surface area contributed by atoms with E-state index in [4.69, 9.17) is 20.8 Å². The maximum absolute atomic E-state index is 10.5. The van der Waals surface area contributed by atoms with Gasteiger partial charge in [0.1, 0.15) is 5.75 Å². The molecule has 1 N–H and O–H groups in total. The molecule has 2 heterocycles. The van der Waals surface area contributed by atoms with Crippen molar-refractivity contribution in [3.63, 3.8) is 0 Å². The monoisotopic (exact) mass is 320 g/mol. The molecule has 114 valence electrons. The SMILES string of the molecule is O=CNC12CC(c3nnc(COc4cncc(Cl)c4)o3)(C1)C2. The van der Waals surface area contributed by atoms with Gasteiger partial charge in [0.25, 0.3) is 5.89 Å². The molecule has 0 radical (unpaired) electrons. The van der Waals surface area contributed by atoms with Crippen molar-refractivity contribution in [3.05, 3.63) is 35.3 Å². The van der Waals surface area contributed by atoms with E-state index in [9.17, 15) is 4.79 Å². The maximum Gasteiger partial charge on any atom is 0.253 e. The molecule has 5 rings (SSSR count). The van der Waals surface area contributed by atoms with E-state index in [2.05, 4.69) is 20.5 Å². The molecule has 22 heavy (non-hydrogen) atoms. The van der Waals surface area contributed by atoms with Crippen LogP contribution >= 0.6 is 11.6 Å². The van der Waals surface area contributed by atoms with Crippen LogP contribution in [-0.4, -0.2) is 27.1 Å². The van der Waals surface area contributed by atoms with Crippen molar-refractivity contribution >= 4 is 18.0 Å². The average Bonchev–Trinajstić information content (AvgIpc) is 2.88. The Balaban J connectivity index is 1.38. The minimum absolute atomic E-state index is 0.0423. The molecule has 0 atom stereocenters. The third-order valence-electron chi connectivity index (χ3n) is 4.36. The highest BCUT2D eigenvalue weighted by molar-refractivity contribution is 6.30. The highest BCUT2D eigenvalue weighted by atomic mass is 35.5. The number of nitrogens with zero attached hydrogens (tertiary/aromatic N) is 3. The first-order valence-electron chi connectivity index (χ1n) is 6.91. The van der Waals surface area contributed by atoms with Gasteiger partial charge < -0.3 is 14.5 Å². The molecule has 0 spiro atoms. The van der Waals surface area contributed by atoms with Crippen molar-refractivity contribution < 1.29 is 13.9 Å². The van der Waals surface area contributed by atoms with E-state index in [1.807, 2.05) is 0 Å². The van der Waals surface area contributed by atoms with Gasteiger partial charge in [0.05, 0.1) is 16.6 Å². The van der Waals surface area contributed by atoms with Gasteiger partial charge in [-0.25, -0.2) is 0 Å². The van der Waals surface area contributed by atoms with Crippen molar-refractivity contribution in [1.82, 2.24) is 20.5 Å². The van der Waals surface area contributed by atoms with Crippen LogP contribution in [0.3, 0.4) is 0 Å². The molecule has 2 aromatic heterocycles. The number of carbonyl (C=O) groups excluding carboxylic acids is 1. The summed E-state index contributed by atoms with van der Waals surface area (Å²) in [7, 11) is 0. The summed E-state index contributed by atoms with van der Waals surface area (Å²) in [5.74, 6) is 1.59. The number of carbonyl (C=O) groups is 1. The predicted molar refractivity (Wildman–Crippen MR) is 75.3 cm³/mol. The lowest BCUT2D eigenvalue weighted by atomic mass is 9.39. The summed E-state index contributed by atoms with van der Waals surface area (Å²) < 4.78 is 11.2. The molecular formula is C14H13ClN4O3. The van der Waals surface area contributed by atoms with Crippen molar-refractivity contribution in [2.24, 2.45) is 0 Å². The summed E-state index contributed by atoms with van der Waals surface area (Å²) in [5, 5.41) is 11.5. The van der Waals surface area contributed by atoms with E-state index in [1.54, 1.807) is 12.3 Å². The molecule has 3 aliphatic rings. The van der Waals surface area contributed by atoms with Crippen LogP contribution in [0, 0.1) is 0 Å². The molecular weight excluding hydrogens is 308 g/mol. The Labute approximate surface area is 131 Å². The first-order valence-corrected chi connectivity index (χ1v) is 7.29. The van der Waals surface area contributed by atoms with Crippen LogP contribution in [0.5, 0.6) is 5.75 Å². The normalized spacial score (nSPS) is 28.4. The zero-order valence-electron chi connectivity index (χ0n) is 11.6. The molecule has 8 heteroatoms. The second-order valence-electron chi connectivity index (χ2n) is 5.98. The molecule has 3 fully saturated rings. The van der Waals surface area contributed by atoms with Crippen molar-refractivity contribution in [3.8, 4) is 5.75 Å². The molecule has 0 aromatic carbocycles. The van der Waals surface area contributed by atoms with Gasteiger partial charge in [0, 0.05) is 17.8 Å². The van der Waals surface area contributed by atoms with Crippen LogP contribution in [0.4, 0.5) is 0 Å². The summed E-state index contributed by atoms with van der Waals surface area (Å²) in [6.07, 6.45) is 6.44. The van der Waals surface area contributed by atoms with Gasteiger partial charge in [-0.15, -0.1) is 10.2 Å². The van der Waals surface area contributed by atoms with Gasteiger partial charge in [-0.3, -0.25) is 9.78 Å².